The van der Waals surface area contributed by atoms with Gasteiger partial charge < -0.3 is 0 Å². The maximum atomic E-state index is 3.12. The van der Waals surface area contributed by atoms with Gasteiger partial charge in [-0.1, -0.05) is 49.8 Å². The van der Waals surface area contributed by atoms with Crippen molar-refractivity contribution in [1.82, 2.24) is 0 Å². The van der Waals surface area contributed by atoms with Crippen molar-refractivity contribution < 1.29 is 0 Å². The van der Waals surface area contributed by atoms with E-state index in [-0.39, 0.29) is 0 Å². The van der Waals surface area contributed by atoms with Gasteiger partial charge >= 0.3 is 0 Å². The molecule has 0 N–H and O–H groups in total. The lowest BCUT2D eigenvalue weighted by molar-refractivity contribution is 1.22. The Balaban J connectivity index is 5.00. The van der Waals surface area contributed by atoms with Crippen LogP contribution < -0.4 is 0 Å². The molecule has 0 saturated carbocycles. The first-order valence-electron chi connectivity index (χ1n) is 5.74. The first-order chi connectivity index (χ1) is 7.78. The third-order valence-electron chi connectivity index (χ3n) is 1.83. The normalized spacial score (nSPS) is 11.8. The first kappa shape index (κ1) is 14.3. The predicted octanol–water partition coefficient (Wildman–Crippen LogP) is 4.26. The van der Waals surface area contributed by atoms with Crippen molar-refractivity contribution in [2.75, 3.05) is 0 Å². The molecule has 0 fully saturated rings. The van der Waals surface area contributed by atoms with Crippen LogP contribution >= 0.6 is 0 Å². The molecule has 0 radical (unpaired) electrons. The third-order valence-corrected chi connectivity index (χ3v) is 1.83. The average molecular weight is 212 g/mol. The van der Waals surface area contributed by atoms with Crippen molar-refractivity contribution in [2.24, 2.45) is 0 Å². The largest absolute Gasteiger partial charge is 0.101 e. The summed E-state index contributed by atoms with van der Waals surface area (Å²) in [5.74, 6) is 12.2. The quantitative estimate of drug-likeness (QED) is 0.484. The van der Waals surface area contributed by atoms with E-state index >= 15 is 0 Å². The molecule has 0 heteroatoms. The lowest BCUT2D eigenvalue weighted by atomic mass is 10.1. The molecule has 16 heavy (non-hydrogen) atoms. The highest BCUT2D eigenvalue weighted by Crippen LogP contribution is 2.04. The molecule has 0 nitrogen and oxygen atoms in total. The molecule has 0 atom stereocenters. The Bertz CT molecular complexity index is 395. The van der Waals surface area contributed by atoms with E-state index in [1.165, 1.54) is 0 Å². The summed E-state index contributed by atoms with van der Waals surface area (Å²) in [5.41, 5.74) is 2.04. The molecule has 0 unspecified atom stereocenters. The fraction of sp³-hybridized carbons (Fsp3) is 0.375. The van der Waals surface area contributed by atoms with E-state index in [1.54, 1.807) is 0 Å². The van der Waals surface area contributed by atoms with Crippen molar-refractivity contribution in [1.29, 1.82) is 0 Å². The highest BCUT2D eigenvalue weighted by Gasteiger charge is 1.89. The van der Waals surface area contributed by atoms with E-state index in [0.717, 1.165) is 24.0 Å². The topological polar surface area (TPSA) is 0 Å². The molecule has 84 valence electrons. The molecule has 0 bridgehead atoms. The van der Waals surface area contributed by atoms with Crippen LogP contribution in [0.15, 0.2) is 35.5 Å². The van der Waals surface area contributed by atoms with E-state index < -0.39 is 0 Å². The predicted molar refractivity (Wildman–Crippen MR) is 72.8 cm³/mol. The summed E-state index contributed by atoms with van der Waals surface area (Å²) in [6.07, 6.45) is 10.1. The van der Waals surface area contributed by atoms with Gasteiger partial charge in [-0.2, -0.15) is 0 Å². The molecule has 0 aromatic heterocycles. The van der Waals surface area contributed by atoms with Crippen LogP contribution in [0.3, 0.4) is 0 Å². The fourth-order valence-electron chi connectivity index (χ4n) is 1.06. The number of hydrogen-bond donors (Lipinski definition) is 0. The summed E-state index contributed by atoms with van der Waals surface area (Å²) in [6, 6.07) is 0. The zero-order valence-corrected chi connectivity index (χ0v) is 10.7. The lowest BCUT2D eigenvalue weighted by Gasteiger charge is -1.92. The third kappa shape index (κ3) is 6.74. The van der Waals surface area contributed by atoms with Gasteiger partial charge in [0.05, 0.1) is 0 Å². The number of allylic oxidation sites excluding steroid dienone is 6. The van der Waals surface area contributed by atoms with Gasteiger partial charge in [-0.25, -0.2) is 0 Å². The minimum atomic E-state index is 0.880. The van der Waals surface area contributed by atoms with Crippen LogP contribution in [0.4, 0.5) is 0 Å². The van der Waals surface area contributed by atoms with Gasteiger partial charge in [0.1, 0.15) is 0 Å². The van der Waals surface area contributed by atoms with Crippen molar-refractivity contribution in [3.8, 4) is 23.7 Å². The van der Waals surface area contributed by atoms with Crippen LogP contribution in [0.2, 0.25) is 0 Å². The van der Waals surface area contributed by atoms with E-state index in [0.29, 0.717) is 0 Å². The van der Waals surface area contributed by atoms with E-state index in [9.17, 15) is 0 Å². The summed E-state index contributed by atoms with van der Waals surface area (Å²) < 4.78 is 0. The summed E-state index contributed by atoms with van der Waals surface area (Å²) in [4.78, 5) is 0. The van der Waals surface area contributed by atoms with Crippen molar-refractivity contribution in [2.45, 2.75) is 40.5 Å². The van der Waals surface area contributed by atoms with Crippen LogP contribution in [-0.2, 0) is 0 Å². The van der Waals surface area contributed by atoms with Crippen LogP contribution in [-0.4, -0.2) is 0 Å². The molecular weight excluding hydrogens is 192 g/mol. The van der Waals surface area contributed by atoms with Gasteiger partial charge in [0.25, 0.3) is 0 Å². The smallest absolute Gasteiger partial charge is 0.0254 e. The summed E-state index contributed by atoms with van der Waals surface area (Å²) in [7, 11) is 0. The summed E-state index contributed by atoms with van der Waals surface area (Å²) >= 11 is 0. The SMILES string of the molecule is CC#CC(/C=C/CC)=C/C(C#CCC)=C\C. The van der Waals surface area contributed by atoms with E-state index in [4.69, 9.17) is 0 Å². The highest BCUT2D eigenvalue weighted by atomic mass is 13.9. The summed E-state index contributed by atoms with van der Waals surface area (Å²) in [5, 5.41) is 0. The molecule has 0 aliphatic carbocycles. The van der Waals surface area contributed by atoms with Gasteiger partial charge in [0.15, 0.2) is 0 Å². The molecule has 0 rings (SSSR count). The average Bonchev–Trinajstić information content (AvgIpc) is 2.31. The Kier molecular flexibility index (Phi) is 8.85. The van der Waals surface area contributed by atoms with Crippen LogP contribution in [0, 0.1) is 23.7 Å². The van der Waals surface area contributed by atoms with Crippen LogP contribution in [0.1, 0.15) is 40.5 Å². The standard InChI is InChI=1S/C16H20/c1-5-9-12-15(8-4)14-16(11-7-3)13-10-6-2/h8,10,13-14H,5-6H2,1-4H3/b13-10+,15-8-,16-14-. The maximum absolute atomic E-state index is 3.12. The number of rotatable bonds is 3. The van der Waals surface area contributed by atoms with Gasteiger partial charge in [-0.3, -0.25) is 0 Å². The van der Waals surface area contributed by atoms with Crippen molar-refractivity contribution in [3.05, 3.63) is 35.5 Å². The second kappa shape index (κ2) is 9.88. The van der Waals surface area contributed by atoms with Crippen LogP contribution in [0.25, 0.3) is 0 Å². The van der Waals surface area contributed by atoms with Crippen LogP contribution in [0.5, 0.6) is 0 Å². The maximum Gasteiger partial charge on any atom is 0.0254 e. The highest BCUT2D eigenvalue weighted by molar-refractivity contribution is 5.48. The molecule has 0 aromatic carbocycles. The molecule has 0 saturated heterocycles. The Morgan fingerprint density at radius 1 is 1.12 bits per heavy atom. The fourth-order valence-corrected chi connectivity index (χ4v) is 1.06. The summed E-state index contributed by atoms with van der Waals surface area (Å²) in [6.45, 7) is 8.01. The van der Waals surface area contributed by atoms with E-state index in [2.05, 4.69) is 36.7 Å². The molecule has 0 aliphatic rings. The van der Waals surface area contributed by atoms with E-state index in [1.807, 2.05) is 39.0 Å². The Labute approximate surface area is 100 Å². The second-order valence-electron chi connectivity index (χ2n) is 3.18. The van der Waals surface area contributed by atoms with Gasteiger partial charge in [0.2, 0.25) is 0 Å². The molecule has 0 amide bonds. The molecular formula is C16H20. The van der Waals surface area contributed by atoms with Gasteiger partial charge in [-0.05, 0) is 26.3 Å². The zero-order chi connectivity index (χ0) is 12.2. The molecule has 0 spiro atoms. The number of hydrogen-bond acceptors (Lipinski definition) is 0. The second-order valence-corrected chi connectivity index (χ2v) is 3.18. The monoisotopic (exact) mass is 212 g/mol. The first-order valence-corrected chi connectivity index (χ1v) is 5.74. The Hall–Kier alpha value is -1.66. The molecule has 0 heterocycles. The van der Waals surface area contributed by atoms with Gasteiger partial charge in [0, 0.05) is 17.6 Å². The lowest BCUT2D eigenvalue weighted by Crippen LogP contribution is -1.78. The molecule has 0 aromatic rings. The minimum absolute atomic E-state index is 0.880. The van der Waals surface area contributed by atoms with Crippen molar-refractivity contribution >= 4 is 0 Å². The van der Waals surface area contributed by atoms with Gasteiger partial charge in [-0.15, -0.1) is 5.92 Å². The minimum Gasteiger partial charge on any atom is -0.101 e. The Morgan fingerprint density at radius 3 is 2.38 bits per heavy atom. The van der Waals surface area contributed by atoms with Crippen molar-refractivity contribution in [3.63, 3.8) is 0 Å². The molecule has 0 aliphatic heterocycles. The zero-order valence-electron chi connectivity index (χ0n) is 10.7. The Morgan fingerprint density at radius 2 is 1.88 bits per heavy atom.